The first-order valence-corrected chi connectivity index (χ1v) is 17.6. The summed E-state index contributed by atoms with van der Waals surface area (Å²) in [6.45, 7) is 0. The molecule has 0 saturated carbocycles. The van der Waals surface area contributed by atoms with Gasteiger partial charge in [-0.1, -0.05) is 157 Å². The van der Waals surface area contributed by atoms with Gasteiger partial charge in [0.25, 0.3) is 0 Å². The summed E-state index contributed by atoms with van der Waals surface area (Å²) in [5.41, 5.74) is 5.71. The molecule has 6 rings (SSSR count). The predicted molar refractivity (Wildman–Crippen MR) is 190 cm³/mol. The SMILES string of the molecule is SCCc1ccc([Si](Cn2ccnc2[B]C(=Cc2ccccc2)c2ccccc2)(c2ccccc2)c2ccccc2)cc1. The lowest BCUT2D eigenvalue weighted by Crippen LogP contribution is -2.70. The summed E-state index contributed by atoms with van der Waals surface area (Å²) in [6.07, 6.45) is 8.10. The molecule has 0 aliphatic heterocycles. The maximum absolute atomic E-state index is 4.91. The lowest BCUT2D eigenvalue weighted by Gasteiger charge is -2.35. The van der Waals surface area contributed by atoms with Crippen LogP contribution in [0.5, 0.6) is 0 Å². The maximum Gasteiger partial charge on any atom is 0.241 e. The molecular formula is C38H34BN2SSi. The van der Waals surface area contributed by atoms with Crippen molar-refractivity contribution in [1.82, 2.24) is 9.55 Å². The molecule has 0 unspecified atom stereocenters. The summed E-state index contributed by atoms with van der Waals surface area (Å²) in [5, 5.41) is 4.15. The van der Waals surface area contributed by atoms with Crippen LogP contribution in [0, 0.1) is 0 Å². The Balaban J connectivity index is 1.47. The van der Waals surface area contributed by atoms with Crippen molar-refractivity contribution < 1.29 is 0 Å². The van der Waals surface area contributed by atoms with E-state index >= 15 is 0 Å². The summed E-state index contributed by atoms with van der Waals surface area (Å²) in [6, 6.07) is 52.5. The average molecular weight is 590 g/mol. The molecule has 0 spiro atoms. The van der Waals surface area contributed by atoms with E-state index in [-0.39, 0.29) is 0 Å². The quantitative estimate of drug-likeness (QED) is 0.0903. The highest BCUT2D eigenvalue weighted by atomic mass is 32.1. The molecule has 0 aliphatic rings. The number of imidazole rings is 1. The fourth-order valence-corrected chi connectivity index (χ4v) is 10.7. The topological polar surface area (TPSA) is 17.8 Å². The van der Waals surface area contributed by atoms with E-state index < -0.39 is 8.07 Å². The number of rotatable bonds is 11. The van der Waals surface area contributed by atoms with Crippen molar-refractivity contribution in [2.24, 2.45) is 0 Å². The van der Waals surface area contributed by atoms with Gasteiger partial charge >= 0.3 is 0 Å². The molecule has 0 bridgehead atoms. The molecule has 5 aromatic carbocycles. The van der Waals surface area contributed by atoms with E-state index in [9.17, 15) is 0 Å². The number of hydrogen-bond acceptors (Lipinski definition) is 2. The molecule has 43 heavy (non-hydrogen) atoms. The van der Waals surface area contributed by atoms with Crippen LogP contribution < -0.4 is 21.3 Å². The van der Waals surface area contributed by atoms with Crippen molar-refractivity contribution >= 4 is 60.8 Å². The van der Waals surface area contributed by atoms with Gasteiger partial charge in [0, 0.05) is 18.6 Å². The first-order valence-electron chi connectivity index (χ1n) is 14.8. The number of aryl methyl sites for hydroxylation is 1. The van der Waals surface area contributed by atoms with E-state index in [4.69, 9.17) is 4.98 Å². The first kappa shape index (κ1) is 28.8. The monoisotopic (exact) mass is 589 g/mol. The van der Waals surface area contributed by atoms with E-state index in [0.717, 1.165) is 40.7 Å². The molecule has 1 radical (unpaired) electrons. The van der Waals surface area contributed by atoms with Gasteiger partial charge in [-0.05, 0) is 44.4 Å². The molecule has 1 aromatic heterocycles. The molecule has 2 nitrogen and oxygen atoms in total. The van der Waals surface area contributed by atoms with E-state index in [1.54, 1.807) is 0 Å². The summed E-state index contributed by atoms with van der Waals surface area (Å²) in [5.74, 6) is 0.841. The minimum atomic E-state index is -2.55. The third-order valence-corrected chi connectivity index (χ3v) is 13.0. The van der Waals surface area contributed by atoms with Gasteiger partial charge in [0.1, 0.15) is 0 Å². The summed E-state index contributed by atoms with van der Waals surface area (Å²) in [7, 11) is -0.316. The first-order chi connectivity index (χ1) is 21.3. The van der Waals surface area contributed by atoms with E-state index in [2.05, 4.69) is 182 Å². The molecule has 209 valence electrons. The average Bonchev–Trinajstić information content (AvgIpc) is 3.51. The van der Waals surface area contributed by atoms with Crippen LogP contribution in [0.4, 0.5) is 0 Å². The summed E-state index contributed by atoms with van der Waals surface area (Å²) in [4.78, 5) is 4.91. The standard InChI is InChI=1S/C38H34BN2SSi/c42-28-25-31-21-23-36(24-22-31)43(34-17-9-3-10-18-34,35-19-11-4-12-20-35)30-41-27-26-40-38(41)39-37(33-15-7-2-8-16-33)29-32-13-5-1-6-14-32/h1-24,26-27,29,42H,25,28,30H2. The van der Waals surface area contributed by atoms with Crippen molar-refractivity contribution in [1.29, 1.82) is 0 Å². The van der Waals surface area contributed by atoms with Crippen LogP contribution in [-0.4, -0.2) is 30.7 Å². The highest BCUT2D eigenvalue weighted by Gasteiger charge is 2.40. The fraction of sp³-hybridized carbons (Fsp3) is 0.0789. The van der Waals surface area contributed by atoms with E-state index in [0.29, 0.717) is 0 Å². The highest BCUT2D eigenvalue weighted by Crippen LogP contribution is 2.18. The Morgan fingerprint density at radius 1 is 0.674 bits per heavy atom. The zero-order valence-electron chi connectivity index (χ0n) is 24.1. The molecule has 0 amide bonds. The molecule has 0 saturated heterocycles. The number of thiol groups is 1. The molecule has 0 aliphatic carbocycles. The minimum Gasteiger partial charge on any atom is -0.345 e. The third kappa shape index (κ3) is 6.54. The molecule has 6 aromatic rings. The van der Waals surface area contributed by atoms with Crippen molar-refractivity contribution in [3.05, 3.63) is 175 Å². The van der Waals surface area contributed by atoms with Gasteiger partial charge in [-0.2, -0.15) is 12.6 Å². The number of benzene rings is 5. The van der Waals surface area contributed by atoms with Gasteiger partial charge in [-0.25, -0.2) is 0 Å². The smallest absolute Gasteiger partial charge is 0.241 e. The van der Waals surface area contributed by atoms with Gasteiger partial charge < -0.3 is 4.57 Å². The lowest BCUT2D eigenvalue weighted by molar-refractivity contribution is 0.893. The number of aromatic nitrogens is 2. The van der Waals surface area contributed by atoms with Crippen LogP contribution in [0.3, 0.4) is 0 Å². The van der Waals surface area contributed by atoms with Crippen LogP contribution in [-0.2, 0) is 12.6 Å². The molecule has 5 heteroatoms. The molecular weight excluding hydrogens is 555 g/mol. The zero-order valence-corrected chi connectivity index (χ0v) is 26.0. The molecule has 0 atom stereocenters. The molecule has 0 fully saturated rings. The van der Waals surface area contributed by atoms with Gasteiger partial charge in [-0.15, -0.1) is 0 Å². The van der Waals surface area contributed by atoms with Crippen molar-refractivity contribution in [3.63, 3.8) is 0 Å². The second kappa shape index (κ2) is 13.8. The summed E-state index contributed by atoms with van der Waals surface area (Å²) >= 11 is 4.47. The van der Waals surface area contributed by atoms with Crippen molar-refractivity contribution in [3.8, 4) is 0 Å². The minimum absolute atomic E-state index is 0.826. The third-order valence-electron chi connectivity index (χ3n) is 8.05. The maximum atomic E-state index is 4.91. The Labute approximate surface area is 262 Å². The molecule has 0 N–H and O–H groups in total. The van der Waals surface area contributed by atoms with Gasteiger partial charge in [0.2, 0.25) is 7.28 Å². The lowest BCUT2D eigenvalue weighted by atomic mass is 9.65. The van der Waals surface area contributed by atoms with Gasteiger partial charge in [0.05, 0.1) is 5.72 Å². The predicted octanol–water partition coefficient (Wildman–Crippen LogP) is 5.59. The Bertz CT molecular complexity index is 1710. The second-order valence-corrected chi connectivity index (χ2v) is 15.0. The van der Waals surface area contributed by atoms with Gasteiger partial charge in [0.15, 0.2) is 8.07 Å². The number of hydrogen-bond donors (Lipinski definition) is 1. The van der Waals surface area contributed by atoms with Gasteiger partial charge in [-0.3, -0.25) is 4.98 Å². The van der Waals surface area contributed by atoms with Crippen LogP contribution in [0.25, 0.3) is 11.5 Å². The normalized spacial score (nSPS) is 11.8. The van der Waals surface area contributed by atoms with Crippen LogP contribution >= 0.6 is 12.6 Å². The Kier molecular flexibility index (Phi) is 9.22. The Hall–Kier alpha value is -4.32. The van der Waals surface area contributed by atoms with Crippen molar-refractivity contribution in [2.45, 2.75) is 12.6 Å². The van der Waals surface area contributed by atoms with E-state index in [1.807, 2.05) is 6.20 Å². The highest BCUT2D eigenvalue weighted by molar-refractivity contribution is 7.80. The fourth-order valence-electron chi connectivity index (χ4n) is 5.86. The second-order valence-electron chi connectivity index (χ2n) is 10.7. The van der Waals surface area contributed by atoms with Crippen LogP contribution in [0.2, 0.25) is 0 Å². The Morgan fingerprint density at radius 3 is 1.79 bits per heavy atom. The largest absolute Gasteiger partial charge is 0.345 e. The molecule has 1 heterocycles. The van der Waals surface area contributed by atoms with Crippen LogP contribution in [0.1, 0.15) is 16.7 Å². The van der Waals surface area contributed by atoms with Crippen LogP contribution in [0.15, 0.2) is 158 Å². The van der Waals surface area contributed by atoms with E-state index in [1.165, 1.54) is 21.1 Å². The summed E-state index contributed by atoms with van der Waals surface area (Å²) < 4.78 is 2.36. The zero-order chi connectivity index (χ0) is 29.3. The number of nitrogens with zero attached hydrogens (tertiary/aromatic N) is 2. The van der Waals surface area contributed by atoms with Crippen molar-refractivity contribution in [2.75, 3.05) is 5.75 Å². The Morgan fingerprint density at radius 2 is 1.21 bits per heavy atom.